The van der Waals surface area contributed by atoms with Gasteiger partial charge in [0.05, 0.1) is 6.34 Å². The van der Waals surface area contributed by atoms with Crippen LogP contribution in [0.25, 0.3) is 0 Å². The van der Waals surface area contributed by atoms with E-state index in [1.54, 1.807) is 14.1 Å². The third kappa shape index (κ3) is 3.55. The molecule has 0 rings (SSSR count). The van der Waals surface area contributed by atoms with Crippen molar-refractivity contribution in [2.24, 2.45) is 15.7 Å². The van der Waals surface area contributed by atoms with Crippen LogP contribution < -0.4 is 11.1 Å². The fraction of sp³-hybridized carbons (Fsp3) is 0.500. The summed E-state index contributed by atoms with van der Waals surface area (Å²) in [7, 11) is 4.62. The van der Waals surface area contributed by atoms with Crippen molar-refractivity contribution in [3.8, 4) is 0 Å². The van der Waals surface area contributed by atoms with Crippen LogP contribution >= 0.6 is 0 Å². The first kappa shape index (κ1) is 10.4. The summed E-state index contributed by atoms with van der Waals surface area (Å²) in [5.74, 6) is 0.0800. The normalized spacial score (nSPS) is 11.8. The van der Waals surface area contributed by atoms with Gasteiger partial charge in [-0.1, -0.05) is 0 Å². The predicted molar refractivity (Wildman–Crippen MR) is 48.3 cm³/mol. The molecule has 0 aromatic rings. The summed E-state index contributed by atoms with van der Waals surface area (Å²) in [6.45, 7) is 0. The van der Waals surface area contributed by atoms with E-state index in [1.807, 2.05) is 0 Å². The fourth-order valence-corrected chi connectivity index (χ4v) is 0.479. The van der Waals surface area contributed by atoms with Crippen LogP contribution in [0.4, 0.5) is 4.79 Å². The smallest absolute Gasteiger partial charge is 0.329 e. The summed E-state index contributed by atoms with van der Waals surface area (Å²) in [4.78, 5) is 19.5. The van der Waals surface area contributed by atoms with E-state index in [0.717, 1.165) is 0 Å². The van der Waals surface area contributed by atoms with E-state index in [1.165, 1.54) is 18.3 Å². The van der Waals surface area contributed by atoms with Gasteiger partial charge in [0.25, 0.3) is 0 Å². The van der Waals surface area contributed by atoms with Crippen LogP contribution in [0.1, 0.15) is 0 Å². The minimum absolute atomic E-state index is 0.0800. The van der Waals surface area contributed by atoms with Gasteiger partial charge in [0.2, 0.25) is 0 Å². The molecule has 0 atom stereocenters. The van der Waals surface area contributed by atoms with Crippen LogP contribution in [0.15, 0.2) is 9.98 Å². The summed E-state index contributed by atoms with van der Waals surface area (Å²) in [5.41, 5.74) is 5.25. The number of guanidine groups is 1. The SMILES string of the molecule is C/N=C(/N)NC(=O)N(C)/C=N/C. The number of carbonyl (C=O) groups excluding carboxylic acids is 1. The molecule has 12 heavy (non-hydrogen) atoms. The van der Waals surface area contributed by atoms with Crippen LogP contribution in [0.3, 0.4) is 0 Å². The van der Waals surface area contributed by atoms with Gasteiger partial charge in [0.15, 0.2) is 5.96 Å². The molecular formula is C6H13N5O. The number of carbonyl (C=O) groups is 1. The highest BCUT2D eigenvalue weighted by molar-refractivity contribution is 5.98. The van der Waals surface area contributed by atoms with Gasteiger partial charge in [-0.2, -0.15) is 0 Å². The molecule has 0 aromatic carbocycles. The first-order valence-electron chi connectivity index (χ1n) is 3.30. The van der Waals surface area contributed by atoms with Crippen LogP contribution in [-0.2, 0) is 0 Å². The molecule has 0 fully saturated rings. The Hall–Kier alpha value is -1.59. The molecule has 0 saturated carbocycles. The summed E-state index contributed by atoms with van der Waals surface area (Å²) < 4.78 is 0. The van der Waals surface area contributed by atoms with Gasteiger partial charge in [0, 0.05) is 21.1 Å². The van der Waals surface area contributed by atoms with Crippen molar-refractivity contribution in [2.45, 2.75) is 0 Å². The topological polar surface area (TPSA) is 83.1 Å². The molecule has 0 unspecified atom stereocenters. The number of urea groups is 1. The first-order valence-corrected chi connectivity index (χ1v) is 3.30. The lowest BCUT2D eigenvalue weighted by molar-refractivity contribution is 0.232. The molecule has 0 saturated heterocycles. The maximum absolute atomic E-state index is 11.1. The highest BCUT2D eigenvalue weighted by Gasteiger charge is 2.05. The molecular weight excluding hydrogens is 158 g/mol. The number of aliphatic imine (C=N–C) groups is 2. The minimum Gasteiger partial charge on any atom is -0.370 e. The Morgan fingerprint density at radius 2 is 2.17 bits per heavy atom. The zero-order valence-electron chi connectivity index (χ0n) is 7.40. The molecule has 68 valence electrons. The standard InChI is InChI=1S/C6H13N5O/c1-8-4-11(3)6(12)10-5(7)9-2/h4H,1-3H3,(H3,7,9,10,12)/b8-4+. The third-order valence-corrected chi connectivity index (χ3v) is 1.08. The van der Waals surface area contributed by atoms with Crippen molar-refractivity contribution in [2.75, 3.05) is 21.1 Å². The van der Waals surface area contributed by atoms with Gasteiger partial charge in [-0.15, -0.1) is 0 Å². The number of nitrogens with one attached hydrogen (secondary N) is 1. The number of rotatable bonds is 1. The fourth-order valence-electron chi connectivity index (χ4n) is 0.479. The Morgan fingerprint density at radius 3 is 2.58 bits per heavy atom. The Kier molecular flexibility index (Phi) is 4.43. The van der Waals surface area contributed by atoms with Crippen molar-refractivity contribution in [1.82, 2.24) is 10.2 Å². The van der Waals surface area contributed by atoms with E-state index < -0.39 is 0 Å². The largest absolute Gasteiger partial charge is 0.370 e. The zero-order valence-corrected chi connectivity index (χ0v) is 7.40. The quantitative estimate of drug-likeness (QED) is 0.401. The molecule has 0 aliphatic heterocycles. The number of nitrogens with two attached hydrogens (primary N) is 1. The van der Waals surface area contributed by atoms with Crippen LogP contribution in [0, 0.1) is 0 Å². The summed E-state index contributed by atoms with van der Waals surface area (Å²) >= 11 is 0. The molecule has 0 aliphatic carbocycles. The predicted octanol–water partition coefficient (Wildman–Crippen LogP) is -0.770. The molecule has 0 heterocycles. The maximum atomic E-state index is 11.1. The lowest BCUT2D eigenvalue weighted by atomic mass is 10.7. The van der Waals surface area contributed by atoms with Gasteiger partial charge in [-0.05, 0) is 0 Å². The molecule has 0 aromatic heterocycles. The zero-order chi connectivity index (χ0) is 9.56. The van der Waals surface area contributed by atoms with Gasteiger partial charge in [-0.25, -0.2) is 4.79 Å². The molecule has 0 bridgehead atoms. The van der Waals surface area contributed by atoms with Gasteiger partial charge >= 0.3 is 6.03 Å². The molecule has 0 radical (unpaired) electrons. The summed E-state index contributed by atoms with van der Waals surface area (Å²) in [5, 5.41) is 2.34. The number of hydrogen-bond donors (Lipinski definition) is 2. The molecule has 6 nitrogen and oxygen atoms in total. The number of hydrogen-bond acceptors (Lipinski definition) is 3. The van der Waals surface area contributed by atoms with Gasteiger partial charge in [0.1, 0.15) is 0 Å². The summed E-state index contributed by atoms with van der Waals surface area (Å²) in [6.07, 6.45) is 1.37. The Bertz CT molecular complexity index is 210. The Morgan fingerprint density at radius 1 is 1.58 bits per heavy atom. The van der Waals surface area contributed by atoms with Crippen LogP contribution in [-0.4, -0.2) is 44.4 Å². The number of amides is 2. The van der Waals surface area contributed by atoms with E-state index >= 15 is 0 Å². The van der Waals surface area contributed by atoms with E-state index in [2.05, 4.69) is 15.3 Å². The van der Waals surface area contributed by atoms with Crippen LogP contribution in [0.5, 0.6) is 0 Å². The molecule has 0 spiro atoms. The lowest BCUT2D eigenvalue weighted by Crippen LogP contribution is -2.43. The number of nitrogens with zero attached hydrogens (tertiary/aromatic N) is 3. The average molecular weight is 171 g/mol. The van der Waals surface area contributed by atoms with Gasteiger partial charge in [-0.3, -0.25) is 20.2 Å². The lowest BCUT2D eigenvalue weighted by Gasteiger charge is -2.10. The van der Waals surface area contributed by atoms with Gasteiger partial charge < -0.3 is 5.73 Å². The van der Waals surface area contributed by atoms with Crippen molar-refractivity contribution >= 4 is 18.3 Å². The second-order valence-electron chi connectivity index (χ2n) is 2.02. The van der Waals surface area contributed by atoms with Crippen molar-refractivity contribution in [3.63, 3.8) is 0 Å². The van der Waals surface area contributed by atoms with Crippen molar-refractivity contribution in [3.05, 3.63) is 0 Å². The highest BCUT2D eigenvalue weighted by Crippen LogP contribution is 1.77. The monoisotopic (exact) mass is 171 g/mol. The Labute approximate surface area is 71.2 Å². The Balaban J connectivity index is 4.04. The third-order valence-electron chi connectivity index (χ3n) is 1.08. The van der Waals surface area contributed by atoms with Crippen LogP contribution in [0.2, 0.25) is 0 Å². The van der Waals surface area contributed by atoms with E-state index in [9.17, 15) is 4.79 Å². The van der Waals surface area contributed by atoms with Crippen molar-refractivity contribution < 1.29 is 4.79 Å². The minimum atomic E-state index is -0.372. The van der Waals surface area contributed by atoms with E-state index in [-0.39, 0.29) is 12.0 Å². The van der Waals surface area contributed by atoms with E-state index in [4.69, 9.17) is 5.73 Å². The maximum Gasteiger partial charge on any atom is 0.329 e. The first-order chi connectivity index (χ1) is 5.61. The molecule has 0 aliphatic rings. The average Bonchev–Trinajstić information content (AvgIpc) is 2.04. The molecule has 2 amide bonds. The van der Waals surface area contributed by atoms with E-state index in [0.29, 0.717) is 0 Å². The highest BCUT2D eigenvalue weighted by atomic mass is 16.2. The summed E-state index contributed by atoms with van der Waals surface area (Å²) in [6, 6.07) is -0.372. The second-order valence-corrected chi connectivity index (χ2v) is 2.02. The molecule has 6 heteroatoms. The molecule has 3 N–H and O–H groups in total. The second kappa shape index (κ2) is 5.11. The van der Waals surface area contributed by atoms with Crippen molar-refractivity contribution in [1.29, 1.82) is 0 Å².